The van der Waals surface area contributed by atoms with Crippen LogP contribution >= 0.6 is 0 Å². The Morgan fingerprint density at radius 2 is 1.23 bits per heavy atom. The summed E-state index contributed by atoms with van der Waals surface area (Å²) >= 11 is 0. The molecule has 40 heavy (non-hydrogen) atoms. The fraction of sp³-hybridized carbons (Fsp3) is 0.694. The summed E-state index contributed by atoms with van der Waals surface area (Å²) in [6.45, 7) is 4.54. The predicted molar refractivity (Wildman–Crippen MR) is 167 cm³/mol. The van der Waals surface area contributed by atoms with Crippen molar-refractivity contribution in [1.82, 2.24) is 9.97 Å². The van der Waals surface area contributed by atoms with E-state index in [1.54, 1.807) is 0 Å². The van der Waals surface area contributed by atoms with Crippen molar-refractivity contribution in [3.8, 4) is 17.1 Å². The Bertz CT molecular complexity index is 917. The lowest BCUT2D eigenvalue weighted by Crippen LogP contribution is -2.25. The van der Waals surface area contributed by atoms with Crippen LogP contribution in [-0.2, 0) is 11.2 Å². The molecule has 0 unspecified atom stereocenters. The van der Waals surface area contributed by atoms with Crippen molar-refractivity contribution in [2.75, 3.05) is 0 Å². The van der Waals surface area contributed by atoms with Crippen molar-refractivity contribution >= 4 is 5.97 Å². The van der Waals surface area contributed by atoms with Crippen molar-refractivity contribution in [1.29, 1.82) is 0 Å². The zero-order chi connectivity index (χ0) is 28.3. The molecular formula is C36H56N2O2. The first-order valence-corrected chi connectivity index (χ1v) is 16.8. The van der Waals surface area contributed by atoms with E-state index in [1.165, 1.54) is 108 Å². The Hall–Kier alpha value is -2.23. The number of nitrogens with zero attached hydrogens (tertiary/aromatic N) is 2. The van der Waals surface area contributed by atoms with E-state index >= 15 is 0 Å². The van der Waals surface area contributed by atoms with Crippen LogP contribution < -0.4 is 4.74 Å². The molecule has 0 saturated heterocycles. The number of benzene rings is 1. The Labute approximate surface area is 245 Å². The van der Waals surface area contributed by atoms with Gasteiger partial charge >= 0.3 is 5.97 Å². The van der Waals surface area contributed by atoms with Crippen LogP contribution in [0.3, 0.4) is 0 Å². The number of hydrogen-bond acceptors (Lipinski definition) is 4. The average Bonchev–Trinajstić information content (AvgIpc) is 2.99. The minimum Gasteiger partial charge on any atom is -0.426 e. The molecule has 222 valence electrons. The first-order valence-electron chi connectivity index (χ1n) is 16.8. The highest BCUT2D eigenvalue weighted by Gasteiger charge is 2.27. The summed E-state index contributed by atoms with van der Waals surface area (Å²) in [7, 11) is 0. The Morgan fingerprint density at radius 1 is 0.700 bits per heavy atom. The zero-order valence-electron chi connectivity index (χ0n) is 25.7. The third-order valence-corrected chi connectivity index (χ3v) is 8.75. The van der Waals surface area contributed by atoms with Crippen molar-refractivity contribution in [3.05, 3.63) is 42.2 Å². The quantitative estimate of drug-likeness (QED) is 0.0938. The molecule has 0 atom stereocenters. The van der Waals surface area contributed by atoms with E-state index in [2.05, 4.69) is 23.8 Å². The van der Waals surface area contributed by atoms with E-state index in [9.17, 15) is 4.79 Å². The molecule has 0 radical (unpaired) electrons. The van der Waals surface area contributed by atoms with E-state index in [0.29, 0.717) is 5.75 Å². The largest absolute Gasteiger partial charge is 0.426 e. The SMILES string of the molecule is CCCCCCCCCCCCCCc1cnc(-c2ccc(OC(=O)[C@H]3CC[C@H](CCCCC)CC3)cc2)nc1. The molecule has 1 aromatic carbocycles. The Morgan fingerprint density at radius 3 is 1.80 bits per heavy atom. The number of hydrogen-bond donors (Lipinski definition) is 0. The molecule has 1 aliphatic rings. The number of esters is 1. The summed E-state index contributed by atoms with van der Waals surface area (Å²) in [5, 5.41) is 0. The summed E-state index contributed by atoms with van der Waals surface area (Å²) in [6.07, 6.45) is 30.9. The van der Waals surface area contributed by atoms with Gasteiger partial charge in [0.05, 0.1) is 5.92 Å². The van der Waals surface area contributed by atoms with Gasteiger partial charge in [-0.3, -0.25) is 4.79 Å². The maximum atomic E-state index is 12.7. The van der Waals surface area contributed by atoms with E-state index in [-0.39, 0.29) is 11.9 Å². The Kier molecular flexibility index (Phi) is 16.0. The topological polar surface area (TPSA) is 52.1 Å². The molecule has 0 N–H and O–H groups in total. The van der Waals surface area contributed by atoms with Crippen molar-refractivity contribution in [2.24, 2.45) is 11.8 Å². The third kappa shape index (κ3) is 12.5. The second-order valence-corrected chi connectivity index (χ2v) is 12.2. The number of ether oxygens (including phenoxy) is 1. The zero-order valence-corrected chi connectivity index (χ0v) is 25.7. The van der Waals surface area contributed by atoms with E-state index in [1.807, 2.05) is 36.7 Å². The lowest BCUT2D eigenvalue weighted by Gasteiger charge is -2.27. The molecule has 1 saturated carbocycles. The number of rotatable bonds is 20. The molecule has 3 rings (SSSR count). The first-order chi connectivity index (χ1) is 19.7. The van der Waals surface area contributed by atoms with E-state index in [0.717, 1.165) is 49.4 Å². The van der Waals surface area contributed by atoms with Crippen LogP contribution in [-0.4, -0.2) is 15.9 Å². The van der Waals surface area contributed by atoms with Gasteiger partial charge < -0.3 is 4.74 Å². The normalized spacial score (nSPS) is 17.1. The lowest BCUT2D eigenvalue weighted by atomic mass is 9.80. The maximum absolute atomic E-state index is 12.7. The standard InChI is InChI=1S/C36H56N2O2/c1-3-5-7-8-9-10-11-12-13-14-15-17-19-31-28-37-35(38-29-31)32-24-26-34(27-25-32)40-36(39)33-22-20-30(21-23-33)18-16-6-4-2/h24-30,33H,3-23H2,1-2H3/t30-,33-. The highest BCUT2D eigenvalue weighted by Crippen LogP contribution is 2.33. The van der Waals surface area contributed by atoms with E-state index < -0.39 is 0 Å². The summed E-state index contributed by atoms with van der Waals surface area (Å²) in [5.74, 6) is 2.10. The van der Waals surface area contributed by atoms with Crippen LogP contribution in [0.1, 0.15) is 148 Å². The van der Waals surface area contributed by atoms with Crippen LogP contribution in [0, 0.1) is 11.8 Å². The highest BCUT2D eigenvalue weighted by molar-refractivity contribution is 5.75. The predicted octanol–water partition coefficient (Wildman–Crippen LogP) is 10.7. The van der Waals surface area contributed by atoms with Crippen molar-refractivity contribution < 1.29 is 9.53 Å². The number of aryl methyl sites for hydroxylation is 1. The monoisotopic (exact) mass is 548 g/mol. The molecule has 1 fully saturated rings. The summed E-state index contributed by atoms with van der Waals surface area (Å²) in [4.78, 5) is 21.9. The van der Waals surface area contributed by atoms with Gasteiger partial charge in [0, 0.05) is 18.0 Å². The van der Waals surface area contributed by atoms with Gasteiger partial charge in [0.25, 0.3) is 0 Å². The van der Waals surface area contributed by atoms with Gasteiger partial charge in [-0.25, -0.2) is 9.97 Å². The maximum Gasteiger partial charge on any atom is 0.314 e. The summed E-state index contributed by atoms with van der Waals surface area (Å²) in [6, 6.07) is 7.64. The molecule has 0 bridgehead atoms. The summed E-state index contributed by atoms with van der Waals surface area (Å²) < 4.78 is 5.73. The smallest absolute Gasteiger partial charge is 0.314 e. The molecule has 4 nitrogen and oxygen atoms in total. The molecule has 0 aliphatic heterocycles. The second-order valence-electron chi connectivity index (χ2n) is 12.2. The molecule has 4 heteroatoms. The fourth-order valence-corrected chi connectivity index (χ4v) is 6.04. The fourth-order valence-electron chi connectivity index (χ4n) is 6.04. The first kappa shape index (κ1) is 32.3. The number of unbranched alkanes of at least 4 members (excludes halogenated alkanes) is 13. The third-order valence-electron chi connectivity index (χ3n) is 8.75. The van der Waals surface area contributed by atoms with Crippen molar-refractivity contribution in [3.63, 3.8) is 0 Å². The van der Waals surface area contributed by atoms with Crippen LogP contribution in [0.2, 0.25) is 0 Å². The second kappa shape index (κ2) is 19.8. The molecule has 1 heterocycles. The minimum atomic E-state index is -0.0711. The van der Waals surface area contributed by atoms with E-state index in [4.69, 9.17) is 4.74 Å². The molecule has 0 amide bonds. The molecule has 1 aromatic heterocycles. The van der Waals surface area contributed by atoms with Gasteiger partial charge in [0.2, 0.25) is 0 Å². The molecular weight excluding hydrogens is 492 g/mol. The van der Waals surface area contributed by atoms with Gasteiger partial charge in [0.15, 0.2) is 5.82 Å². The van der Waals surface area contributed by atoms with Crippen LogP contribution in [0.25, 0.3) is 11.4 Å². The van der Waals surface area contributed by atoms with Gasteiger partial charge in [-0.15, -0.1) is 0 Å². The van der Waals surface area contributed by atoms with Gasteiger partial charge in [-0.1, -0.05) is 110 Å². The highest BCUT2D eigenvalue weighted by atomic mass is 16.5. The van der Waals surface area contributed by atoms with Gasteiger partial charge in [-0.05, 0) is 74.3 Å². The van der Waals surface area contributed by atoms with Gasteiger partial charge in [0.1, 0.15) is 5.75 Å². The number of aromatic nitrogens is 2. The summed E-state index contributed by atoms with van der Waals surface area (Å²) in [5.41, 5.74) is 2.16. The molecule has 0 spiro atoms. The number of carbonyl (C=O) groups is 1. The lowest BCUT2D eigenvalue weighted by molar-refractivity contribution is -0.140. The Balaban J connectivity index is 1.28. The van der Waals surface area contributed by atoms with Gasteiger partial charge in [-0.2, -0.15) is 0 Å². The average molecular weight is 549 g/mol. The van der Waals surface area contributed by atoms with Crippen LogP contribution in [0.4, 0.5) is 0 Å². The molecule has 2 aromatic rings. The minimum absolute atomic E-state index is 0.0445. The van der Waals surface area contributed by atoms with Crippen LogP contribution in [0.15, 0.2) is 36.7 Å². The van der Waals surface area contributed by atoms with Crippen LogP contribution in [0.5, 0.6) is 5.75 Å². The molecule has 1 aliphatic carbocycles. The number of carbonyl (C=O) groups excluding carboxylic acids is 1. The van der Waals surface area contributed by atoms with Crippen molar-refractivity contribution in [2.45, 2.75) is 149 Å².